The Kier molecular flexibility index (Phi) is 5.22. The highest BCUT2D eigenvalue weighted by Crippen LogP contribution is 2.50. The van der Waals surface area contributed by atoms with Gasteiger partial charge in [-0.25, -0.2) is 0 Å². The molecule has 2 aliphatic rings. The summed E-state index contributed by atoms with van der Waals surface area (Å²) in [5, 5.41) is 23.7. The highest BCUT2D eigenvalue weighted by molar-refractivity contribution is 7.27. The molecular formula is C54H27BN2S2. The van der Waals surface area contributed by atoms with Gasteiger partial charge in [0.1, 0.15) is 4.83 Å². The predicted molar refractivity (Wildman–Crippen MR) is 258 cm³/mol. The topological polar surface area (TPSA) is 9.86 Å². The van der Waals surface area contributed by atoms with Crippen LogP contribution in [0.25, 0.3) is 128 Å². The Morgan fingerprint density at radius 2 is 0.864 bits per heavy atom. The molecule has 6 heterocycles. The van der Waals surface area contributed by atoms with Crippen LogP contribution in [-0.2, 0) is 0 Å². The van der Waals surface area contributed by atoms with E-state index in [9.17, 15) is 0 Å². The molecule has 0 bridgehead atoms. The standard InChI is InChI=1S/C54H27BN2S2/c1-3-16-32-28(12-1)30-14-5-7-18-34(30)45-38(32)26-40-51-47(45)37-24-25-58-54(37)57(51)43-22-11-21-42-49(43)55(40)41-27-39-33-17-4-2-13-29(33)31-15-6-8-19-35(31)46(39)48-52(41)56(42)50-36-20-9-10-23-44(36)59-53(48)50/h1-27H. The number of benzene rings is 10. The molecule has 0 saturated heterocycles. The second kappa shape index (κ2) is 10.2. The monoisotopic (exact) mass is 778 g/mol. The van der Waals surface area contributed by atoms with Gasteiger partial charge in [0, 0.05) is 48.4 Å². The molecule has 0 aliphatic carbocycles. The average Bonchev–Trinajstić information content (AvgIpc) is 4.07. The molecule has 2 nitrogen and oxygen atoms in total. The van der Waals surface area contributed by atoms with Gasteiger partial charge in [0.05, 0.1) is 21.3 Å². The molecule has 0 radical (unpaired) electrons. The van der Waals surface area contributed by atoms with Gasteiger partial charge in [-0.2, -0.15) is 0 Å². The fourth-order valence-corrected chi connectivity index (χ4v) is 14.2. The van der Waals surface area contributed by atoms with E-state index in [0.717, 1.165) is 0 Å². The molecule has 0 fully saturated rings. The highest BCUT2D eigenvalue weighted by atomic mass is 32.1. The third-order valence-electron chi connectivity index (χ3n) is 14.1. The van der Waals surface area contributed by atoms with E-state index in [1.54, 1.807) is 0 Å². The molecule has 14 aromatic rings. The van der Waals surface area contributed by atoms with Crippen molar-refractivity contribution in [3.05, 3.63) is 163 Å². The van der Waals surface area contributed by atoms with E-state index in [4.69, 9.17) is 0 Å². The van der Waals surface area contributed by atoms with E-state index in [0.29, 0.717) is 0 Å². The van der Waals surface area contributed by atoms with Gasteiger partial charge in [-0.3, -0.25) is 0 Å². The largest absolute Gasteiger partial charge is 0.309 e. The van der Waals surface area contributed by atoms with Crippen LogP contribution >= 0.6 is 22.7 Å². The minimum atomic E-state index is 0.0368. The SMILES string of the molecule is c1cc2c3c(c1)-n1c4c(cc5c6ccccc6c6ccccc6c5c4c4sc5ccccc5c41)B3c1cc3c4ccccc4c4ccccc4c3c3c4ccsc4n-2c13. The number of hydrogen-bond donors (Lipinski definition) is 0. The summed E-state index contributed by atoms with van der Waals surface area (Å²) in [6, 6.07) is 60.2. The smallest absolute Gasteiger partial charge is 0.252 e. The first-order chi connectivity index (χ1) is 29.3. The summed E-state index contributed by atoms with van der Waals surface area (Å²) in [6.45, 7) is 0.0368. The van der Waals surface area contributed by atoms with Gasteiger partial charge in [0.25, 0.3) is 6.71 Å². The molecule has 0 atom stereocenters. The van der Waals surface area contributed by atoms with Gasteiger partial charge in [0.2, 0.25) is 0 Å². The van der Waals surface area contributed by atoms with Gasteiger partial charge in [0.15, 0.2) is 0 Å². The van der Waals surface area contributed by atoms with Crippen LogP contribution in [0.4, 0.5) is 0 Å². The van der Waals surface area contributed by atoms with Crippen molar-refractivity contribution < 1.29 is 0 Å². The Balaban J connectivity index is 1.21. The number of nitrogens with zero attached hydrogens (tertiary/aromatic N) is 2. The first-order valence-corrected chi connectivity index (χ1v) is 22.2. The molecular weight excluding hydrogens is 752 g/mol. The molecule has 59 heavy (non-hydrogen) atoms. The molecule has 4 aromatic heterocycles. The second-order valence-electron chi connectivity index (χ2n) is 16.6. The summed E-state index contributed by atoms with van der Waals surface area (Å²) in [6.07, 6.45) is 0. The van der Waals surface area contributed by atoms with E-state index in [1.807, 2.05) is 22.7 Å². The third-order valence-corrected chi connectivity index (χ3v) is 16.2. The summed E-state index contributed by atoms with van der Waals surface area (Å²) < 4.78 is 8.04. The lowest BCUT2D eigenvalue weighted by atomic mass is 9.34. The first-order valence-electron chi connectivity index (χ1n) is 20.5. The molecule has 0 N–H and O–H groups in total. The van der Waals surface area contributed by atoms with Crippen LogP contribution in [0.3, 0.4) is 0 Å². The number of fused-ring (bicyclic) bond motifs is 26. The lowest BCUT2D eigenvalue weighted by Gasteiger charge is -2.34. The number of thiophene rings is 2. The Morgan fingerprint density at radius 1 is 0.373 bits per heavy atom. The van der Waals surface area contributed by atoms with Crippen molar-refractivity contribution in [2.45, 2.75) is 0 Å². The first kappa shape index (κ1) is 30.2. The average molecular weight is 779 g/mol. The zero-order valence-corrected chi connectivity index (χ0v) is 33.0. The molecule has 5 heteroatoms. The lowest BCUT2D eigenvalue weighted by Crippen LogP contribution is -2.59. The summed E-state index contributed by atoms with van der Waals surface area (Å²) in [5.74, 6) is 0. The fraction of sp³-hybridized carbons (Fsp3) is 0. The Morgan fingerprint density at radius 3 is 1.49 bits per heavy atom. The Labute approximate surface area is 344 Å². The van der Waals surface area contributed by atoms with Gasteiger partial charge < -0.3 is 9.13 Å². The zero-order valence-electron chi connectivity index (χ0n) is 31.4. The highest BCUT2D eigenvalue weighted by Gasteiger charge is 2.42. The molecule has 0 unspecified atom stereocenters. The van der Waals surface area contributed by atoms with Gasteiger partial charge in [-0.15, -0.1) is 22.7 Å². The maximum Gasteiger partial charge on any atom is 0.252 e. The molecule has 268 valence electrons. The van der Waals surface area contributed by atoms with Crippen LogP contribution in [0.2, 0.25) is 0 Å². The van der Waals surface area contributed by atoms with E-state index in [1.165, 1.54) is 145 Å². The van der Waals surface area contributed by atoms with Crippen molar-refractivity contribution in [1.82, 2.24) is 9.13 Å². The maximum atomic E-state index is 2.68. The molecule has 10 aromatic carbocycles. The van der Waals surface area contributed by atoms with Crippen LogP contribution in [0.1, 0.15) is 0 Å². The summed E-state index contributed by atoms with van der Waals surface area (Å²) in [5.41, 5.74) is 10.9. The molecule has 0 spiro atoms. The van der Waals surface area contributed by atoms with E-state index < -0.39 is 0 Å². The Bertz CT molecular complexity index is 4330. The van der Waals surface area contributed by atoms with Crippen LogP contribution in [0.5, 0.6) is 0 Å². The summed E-state index contributed by atoms with van der Waals surface area (Å²) in [7, 11) is 0. The number of rotatable bonds is 0. The fourth-order valence-electron chi connectivity index (χ4n) is 12.0. The van der Waals surface area contributed by atoms with Gasteiger partial charge in [-0.05, 0) is 99.9 Å². The van der Waals surface area contributed by atoms with Crippen molar-refractivity contribution in [3.8, 4) is 11.4 Å². The predicted octanol–water partition coefficient (Wildman–Crippen LogP) is 13.2. The summed E-state index contributed by atoms with van der Waals surface area (Å²) >= 11 is 3.83. The van der Waals surface area contributed by atoms with Gasteiger partial charge in [-0.1, -0.05) is 133 Å². The third kappa shape index (κ3) is 3.34. The zero-order chi connectivity index (χ0) is 37.8. The van der Waals surface area contributed by atoms with Crippen LogP contribution in [0, 0.1) is 0 Å². The van der Waals surface area contributed by atoms with Crippen molar-refractivity contribution in [1.29, 1.82) is 0 Å². The lowest BCUT2D eigenvalue weighted by molar-refractivity contribution is 1.15. The number of hydrogen-bond acceptors (Lipinski definition) is 2. The van der Waals surface area contributed by atoms with Crippen molar-refractivity contribution in [2.75, 3.05) is 0 Å². The van der Waals surface area contributed by atoms with Crippen molar-refractivity contribution in [3.63, 3.8) is 0 Å². The van der Waals surface area contributed by atoms with Gasteiger partial charge >= 0.3 is 0 Å². The minimum absolute atomic E-state index is 0.0368. The minimum Gasteiger partial charge on any atom is -0.309 e. The molecule has 0 saturated carbocycles. The molecule has 0 amide bonds. The quantitative estimate of drug-likeness (QED) is 0.107. The van der Waals surface area contributed by atoms with Crippen molar-refractivity contribution >= 4 is 163 Å². The summed E-state index contributed by atoms with van der Waals surface area (Å²) in [4.78, 5) is 1.32. The molecule has 16 rings (SSSR count). The van der Waals surface area contributed by atoms with E-state index >= 15 is 0 Å². The van der Waals surface area contributed by atoms with Crippen molar-refractivity contribution in [2.24, 2.45) is 0 Å². The van der Waals surface area contributed by atoms with E-state index in [-0.39, 0.29) is 6.71 Å². The number of aromatic nitrogens is 2. The van der Waals surface area contributed by atoms with Crippen LogP contribution in [-0.4, -0.2) is 15.8 Å². The molecule has 2 aliphatic heterocycles. The maximum absolute atomic E-state index is 2.68. The Hall–Kier alpha value is -6.92. The van der Waals surface area contributed by atoms with Crippen LogP contribution in [0.15, 0.2) is 163 Å². The van der Waals surface area contributed by atoms with Crippen LogP contribution < -0.4 is 16.4 Å². The normalized spacial score (nSPS) is 13.4. The second-order valence-corrected chi connectivity index (χ2v) is 18.6. The van der Waals surface area contributed by atoms with E-state index in [2.05, 4.69) is 172 Å².